The first-order chi connectivity index (χ1) is 8.31. The van der Waals surface area contributed by atoms with Crippen LogP contribution in [0.3, 0.4) is 0 Å². The summed E-state index contributed by atoms with van der Waals surface area (Å²) >= 11 is 1.70. The SMILES string of the molecule is CNc1nc(NC)nc(NCc2cccs2)n1. The average molecular weight is 250 g/mol. The summed E-state index contributed by atoms with van der Waals surface area (Å²) in [6, 6.07) is 4.09. The second-order valence-corrected chi connectivity index (χ2v) is 4.27. The van der Waals surface area contributed by atoms with Crippen LogP contribution in [0.5, 0.6) is 0 Å². The van der Waals surface area contributed by atoms with Gasteiger partial charge in [-0.2, -0.15) is 15.0 Å². The van der Waals surface area contributed by atoms with Gasteiger partial charge in [-0.3, -0.25) is 0 Å². The molecule has 2 heterocycles. The van der Waals surface area contributed by atoms with E-state index < -0.39 is 0 Å². The molecule has 0 unspecified atom stereocenters. The van der Waals surface area contributed by atoms with Gasteiger partial charge in [-0.25, -0.2) is 0 Å². The lowest BCUT2D eigenvalue weighted by Crippen LogP contribution is -2.09. The lowest BCUT2D eigenvalue weighted by Gasteiger charge is -2.07. The van der Waals surface area contributed by atoms with Crippen LogP contribution in [0.4, 0.5) is 17.8 Å². The normalized spacial score (nSPS) is 10.0. The van der Waals surface area contributed by atoms with Crippen LogP contribution in [0, 0.1) is 0 Å². The van der Waals surface area contributed by atoms with Gasteiger partial charge in [0.25, 0.3) is 0 Å². The summed E-state index contributed by atoms with van der Waals surface area (Å²) in [6.07, 6.45) is 0. The molecule has 90 valence electrons. The molecule has 0 aromatic carbocycles. The second-order valence-electron chi connectivity index (χ2n) is 3.24. The van der Waals surface area contributed by atoms with E-state index in [4.69, 9.17) is 0 Å². The van der Waals surface area contributed by atoms with Crippen LogP contribution < -0.4 is 16.0 Å². The van der Waals surface area contributed by atoms with Gasteiger partial charge < -0.3 is 16.0 Å². The summed E-state index contributed by atoms with van der Waals surface area (Å²) < 4.78 is 0. The van der Waals surface area contributed by atoms with E-state index in [0.29, 0.717) is 24.4 Å². The molecule has 0 bridgehead atoms. The third kappa shape index (κ3) is 3.04. The lowest BCUT2D eigenvalue weighted by molar-refractivity contribution is 1.01. The Morgan fingerprint density at radius 1 is 1.06 bits per heavy atom. The number of nitrogens with one attached hydrogen (secondary N) is 3. The molecule has 3 N–H and O–H groups in total. The molecule has 0 aliphatic rings. The Hall–Kier alpha value is -1.89. The summed E-state index contributed by atoms with van der Waals surface area (Å²) in [6.45, 7) is 0.716. The highest BCUT2D eigenvalue weighted by molar-refractivity contribution is 7.09. The first-order valence-electron chi connectivity index (χ1n) is 5.19. The lowest BCUT2D eigenvalue weighted by atomic mass is 10.5. The maximum atomic E-state index is 4.22. The van der Waals surface area contributed by atoms with E-state index in [9.17, 15) is 0 Å². The zero-order valence-electron chi connectivity index (χ0n) is 9.69. The Morgan fingerprint density at radius 3 is 2.24 bits per heavy atom. The number of rotatable bonds is 5. The van der Waals surface area contributed by atoms with Crippen molar-refractivity contribution in [3.8, 4) is 0 Å². The fourth-order valence-corrected chi connectivity index (χ4v) is 1.90. The molecule has 17 heavy (non-hydrogen) atoms. The highest BCUT2D eigenvalue weighted by Crippen LogP contribution is 2.12. The zero-order chi connectivity index (χ0) is 12.1. The van der Waals surface area contributed by atoms with Gasteiger partial charge in [-0.15, -0.1) is 11.3 Å². The first-order valence-corrected chi connectivity index (χ1v) is 6.07. The minimum absolute atomic E-state index is 0.540. The molecular formula is C10H14N6S. The summed E-state index contributed by atoms with van der Waals surface area (Å²) in [5, 5.41) is 11.0. The number of thiophene rings is 1. The molecule has 0 saturated carbocycles. The van der Waals surface area contributed by atoms with E-state index in [1.807, 2.05) is 11.4 Å². The van der Waals surface area contributed by atoms with Gasteiger partial charge in [-0.05, 0) is 11.4 Å². The molecule has 2 aromatic heterocycles. The standard InChI is InChI=1S/C10H14N6S/c1-11-8-14-9(12-2)16-10(15-8)13-6-7-4-3-5-17-7/h3-5H,6H2,1-2H3,(H3,11,12,13,14,15,16). The Balaban J connectivity index is 2.09. The smallest absolute Gasteiger partial charge is 0.229 e. The van der Waals surface area contributed by atoms with Crippen molar-refractivity contribution in [1.29, 1.82) is 0 Å². The summed E-state index contributed by atoms with van der Waals surface area (Å²) in [5.41, 5.74) is 0. The third-order valence-corrected chi connectivity index (χ3v) is 2.96. The van der Waals surface area contributed by atoms with Gasteiger partial charge in [0.2, 0.25) is 17.8 Å². The first kappa shape index (κ1) is 11.6. The molecule has 0 saturated heterocycles. The topological polar surface area (TPSA) is 74.8 Å². The number of aromatic nitrogens is 3. The van der Waals surface area contributed by atoms with Crippen LogP contribution >= 0.6 is 11.3 Å². The fraction of sp³-hybridized carbons (Fsp3) is 0.300. The average Bonchev–Trinajstić information content (AvgIpc) is 2.89. The van der Waals surface area contributed by atoms with E-state index in [2.05, 4.69) is 37.0 Å². The monoisotopic (exact) mass is 250 g/mol. The highest BCUT2D eigenvalue weighted by atomic mass is 32.1. The van der Waals surface area contributed by atoms with Crippen LogP contribution in [-0.2, 0) is 6.54 Å². The van der Waals surface area contributed by atoms with Gasteiger partial charge in [0.1, 0.15) is 0 Å². The second kappa shape index (κ2) is 5.44. The quantitative estimate of drug-likeness (QED) is 0.749. The molecule has 0 radical (unpaired) electrons. The largest absolute Gasteiger partial charge is 0.357 e. The minimum atomic E-state index is 0.540. The number of nitrogens with zero attached hydrogens (tertiary/aromatic N) is 3. The van der Waals surface area contributed by atoms with Crippen molar-refractivity contribution >= 4 is 29.2 Å². The Labute approximate surface area is 104 Å². The zero-order valence-corrected chi connectivity index (χ0v) is 10.5. The maximum Gasteiger partial charge on any atom is 0.229 e. The van der Waals surface area contributed by atoms with Crippen molar-refractivity contribution in [3.05, 3.63) is 22.4 Å². The van der Waals surface area contributed by atoms with Crippen molar-refractivity contribution in [2.75, 3.05) is 30.0 Å². The number of anilines is 3. The molecule has 6 nitrogen and oxygen atoms in total. The van der Waals surface area contributed by atoms with E-state index >= 15 is 0 Å². The van der Waals surface area contributed by atoms with Crippen molar-refractivity contribution in [2.24, 2.45) is 0 Å². The predicted octanol–water partition coefficient (Wildman–Crippen LogP) is 1.63. The van der Waals surface area contributed by atoms with Crippen LogP contribution in [0.15, 0.2) is 17.5 Å². The highest BCUT2D eigenvalue weighted by Gasteiger charge is 2.04. The fourth-order valence-electron chi connectivity index (χ4n) is 1.26. The summed E-state index contributed by atoms with van der Waals surface area (Å²) in [5.74, 6) is 1.64. The third-order valence-electron chi connectivity index (χ3n) is 2.08. The molecule has 0 aliphatic carbocycles. The van der Waals surface area contributed by atoms with Crippen LogP contribution in [-0.4, -0.2) is 29.0 Å². The van der Waals surface area contributed by atoms with Crippen LogP contribution in [0.1, 0.15) is 4.88 Å². The number of hydrogen-bond donors (Lipinski definition) is 3. The maximum absolute atomic E-state index is 4.22. The van der Waals surface area contributed by atoms with Gasteiger partial charge >= 0.3 is 0 Å². The van der Waals surface area contributed by atoms with Crippen LogP contribution in [0.25, 0.3) is 0 Å². The summed E-state index contributed by atoms with van der Waals surface area (Å²) in [4.78, 5) is 13.8. The van der Waals surface area contributed by atoms with Crippen molar-refractivity contribution in [2.45, 2.75) is 6.54 Å². The van der Waals surface area contributed by atoms with Crippen molar-refractivity contribution < 1.29 is 0 Å². The molecule has 2 rings (SSSR count). The molecule has 0 amide bonds. The molecular weight excluding hydrogens is 236 g/mol. The molecule has 2 aromatic rings. The van der Waals surface area contributed by atoms with E-state index in [1.54, 1.807) is 25.4 Å². The molecule has 0 aliphatic heterocycles. The van der Waals surface area contributed by atoms with E-state index in [-0.39, 0.29) is 0 Å². The van der Waals surface area contributed by atoms with E-state index in [1.165, 1.54) is 4.88 Å². The Morgan fingerprint density at radius 2 is 1.71 bits per heavy atom. The Bertz CT molecular complexity index is 447. The molecule has 7 heteroatoms. The van der Waals surface area contributed by atoms with Gasteiger partial charge in [0.05, 0.1) is 6.54 Å². The van der Waals surface area contributed by atoms with Gasteiger partial charge in [0.15, 0.2) is 0 Å². The number of hydrogen-bond acceptors (Lipinski definition) is 7. The van der Waals surface area contributed by atoms with Crippen LogP contribution in [0.2, 0.25) is 0 Å². The minimum Gasteiger partial charge on any atom is -0.357 e. The molecule has 0 spiro atoms. The van der Waals surface area contributed by atoms with Gasteiger partial charge in [0, 0.05) is 19.0 Å². The van der Waals surface area contributed by atoms with Crippen molar-refractivity contribution in [3.63, 3.8) is 0 Å². The molecule has 0 fully saturated rings. The Kier molecular flexibility index (Phi) is 3.71. The van der Waals surface area contributed by atoms with Gasteiger partial charge in [-0.1, -0.05) is 6.07 Å². The predicted molar refractivity (Wildman–Crippen MR) is 70.6 cm³/mol. The van der Waals surface area contributed by atoms with Crippen molar-refractivity contribution in [1.82, 2.24) is 15.0 Å². The molecule has 0 atom stereocenters. The van der Waals surface area contributed by atoms with E-state index in [0.717, 1.165) is 0 Å². The summed E-state index contributed by atoms with van der Waals surface area (Å²) in [7, 11) is 3.55.